The first kappa shape index (κ1) is 19.4. The molecule has 4 nitrogen and oxygen atoms in total. The molecule has 0 aliphatic carbocycles. The Hall–Kier alpha value is -2.33. The van der Waals surface area contributed by atoms with Crippen molar-refractivity contribution in [1.29, 1.82) is 0 Å². The summed E-state index contributed by atoms with van der Waals surface area (Å²) < 4.78 is 0. The maximum Gasteiger partial charge on any atom is 0.271 e. The van der Waals surface area contributed by atoms with Crippen molar-refractivity contribution < 1.29 is 4.79 Å². The molecule has 0 aromatic heterocycles. The fourth-order valence-electron chi connectivity index (χ4n) is 4.02. The maximum absolute atomic E-state index is 12.1. The van der Waals surface area contributed by atoms with E-state index >= 15 is 0 Å². The third-order valence-electron chi connectivity index (χ3n) is 5.21. The Morgan fingerprint density at radius 3 is 2.67 bits per heavy atom. The number of benzene rings is 2. The molecule has 2 aromatic carbocycles. The minimum Gasteiger partial charge on any atom is -0.366 e. The Balaban J connectivity index is 1.75. The second-order valence-corrected chi connectivity index (χ2v) is 8.12. The number of halogens is 1. The van der Waals surface area contributed by atoms with Gasteiger partial charge >= 0.3 is 0 Å². The van der Waals surface area contributed by atoms with Gasteiger partial charge in [-0.25, -0.2) is 5.43 Å². The van der Waals surface area contributed by atoms with Crippen molar-refractivity contribution in [3.8, 4) is 0 Å². The summed E-state index contributed by atoms with van der Waals surface area (Å²) in [6.07, 6.45) is 2.80. The van der Waals surface area contributed by atoms with Gasteiger partial charge in [0.15, 0.2) is 0 Å². The van der Waals surface area contributed by atoms with E-state index in [-0.39, 0.29) is 11.4 Å². The molecule has 142 valence electrons. The number of hydrogen-bond donors (Lipinski definition) is 1. The van der Waals surface area contributed by atoms with Crippen LogP contribution in [0.1, 0.15) is 61.5 Å². The lowest BCUT2D eigenvalue weighted by Gasteiger charge is -2.47. The molecule has 2 aromatic rings. The largest absolute Gasteiger partial charge is 0.366 e. The molecule has 1 N–H and O–H groups in total. The molecule has 5 heteroatoms. The molecule has 1 amide bonds. The second-order valence-electron chi connectivity index (χ2n) is 7.69. The van der Waals surface area contributed by atoms with Crippen molar-refractivity contribution in [2.75, 3.05) is 11.4 Å². The number of nitrogens with zero attached hydrogens (tertiary/aromatic N) is 2. The number of fused-ring (bicyclic) bond motifs is 1. The molecule has 0 saturated carbocycles. The van der Waals surface area contributed by atoms with Crippen molar-refractivity contribution in [1.82, 2.24) is 5.43 Å². The van der Waals surface area contributed by atoms with Crippen molar-refractivity contribution in [2.24, 2.45) is 5.10 Å². The van der Waals surface area contributed by atoms with Gasteiger partial charge < -0.3 is 4.90 Å². The normalized spacial score (nSPS) is 18.4. The van der Waals surface area contributed by atoms with E-state index in [1.807, 2.05) is 6.07 Å². The van der Waals surface area contributed by atoms with Crippen LogP contribution in [-0.2, 0) is 0 Å². The van der Waals surface area contributed by atoms with E-state index in [1.165, 1.54) is 11.3 Å². The first-order valence-electron chi connectivity index (χ1n) is 9.32. The van der Waals surface area contributed by atoms with Crippen LogP contribution in [0.2, 0.25) is 5.02 Å². The van der Waals surface area contributed by atoms with E-state index in [0.717, 1.165) is 18.5 Å². The maximum atomic E-state index is 12.1. The number of anilines is 1. The molecular weight excluding hydrogens is 358 g/mol. The molecule has 1 heterocycles. The summed E-state index contributed by atoms with van der Waals surface area (Å²) in [6.45, 7) is 10.1. The summed E-state index contributed by atoms with van der Waals surface area (Å²) in [4.78, 5) is 14.6. The Morgan fingerprint density at radius 2 is 2.00 bits per heavy atom. The summed E-state index contributed by atoms with van der Waals surface area (Å²) in [6, 6.07) is 13.1. The van der Waals surface area contributed by atoms with Crippen LogP contribution in [0.3, 0.4) is 0 Å². The highest BCUT2D eigenvalue weighted by molar-refractivity contribution is 6.30. The Labute approximate surface area is 166 Å². The average molecular weight is 384 g/mol. The molecule has 1 aliphatic rings. The van der Waals surface area contributed by atoms with Gasteiger partial charge in [-0.05, 0) is 80.6 Å². The standard InChI is InChI=1S/C22H26ClN3O/c1-5-26-20-11-6-16(12-19(20)15(2)13-22(26,3)4)14-24-25-21(27)17-7-9-18(23)10-8-17/h6-12,14-15H,5,13H2,1-4H3,(H,25,27)/b24-14-. The molecule has 0 spiro atoms. The minimum absolute atomic E-state index is 0.156. The van der Waals surface area contributed by atoms with Crippen LogP contribution in [0, 0.1) is 0 Å². The molecule has 0 radical (unpaired) electrons. The van der Waals surface area contributed by atoms with Gasteiger partial charge in [0.05, 0.1) is 6.21 Å². The van der Waals surface area contributed by atoms with E-state index < -0.39 is 0 Å². The van der Waals surface area contributed by atoms with Crippen LogP contribution in [0.5, 0.6) is 0 Å². The number of amides is 1. The lowest BCUT2D eigenvalue weighted by molar-refractivity contribution is 0.0955. The molecule has 1 atom stereocenters. The molecule has 1 aliphatic heterocycles. The predicted octanol–water partition coefficient (Wildman–Crippen LogP) is 5.22. The third kappa shape index (κ3) is 4.16. The van der Waals surface area contributed by atoms with Gasteiger partial charge in [0.25, 0.3) is 5.91 Å². The van der Waals surface area contributed by atoms with E-state index in [0.29, 0.717) is 16.5 Å². The minimum atomic E-state index is -0.256. The van der Waals surface area contributed by atoms with Crippen LogP contribution in [0.4, 0.5) is 5.69 Å². The number of hydrazone groups is 1. The van der Waals surface area contributed by atoms with Gasteiger partial charge in [-0.3, -0.25) is 4.79 Å². The van der Waals surface area contributed by atoms with Gasteiger partial charge in [0, 0.05) is 28.4 Å². The van der Waals surface area contributed by atoms with Crippen LogP contribution < -0.4 is 10.3 Å². The zero-order valence-electron chi connectivity index (χ0n) is 16.3. The van der Waals surface area contributed by atoms with Gasteiger partial charge in [0.1, 0.15) is 0 Å². The Bertz CT molecular complexity index is 858. The molecular formula is C22H26ClN3O. The quantitative estimate of drug-likeness (QED) is 0.581. The van der Waals surface area contributed by atoms with Crippen LogP contribution in [0.15, 0.2) is 47.6 Å². The monoisotopic (exact) mass is 383 g/mol. The number of carbonyl (C=O) groups excluding carboxylic acids is 1. The average Bonchev–Trinajstić information content (AvgIpc) is 2.62. The molecule has 0 fully saturated rings. The summed E-state index contributed by atoms with van der Waals surface area (Å²) in [5, 5.41) is 4.71. The van der Waals surface area contributed by atoms with E-state index in [2.05, 4.69) is 55.3 Å². The number of carbonyl (C=O) groups is 1. The van der Waals surface area contributed by atoms with Crippen molar-refractivity contribution in [3.63, 3.8) is 0 Å². The summed E-state index contributed by atoms with van der Waals surface area (Å²) in [5.74, 6) is 0.225. The molecule has 0 bridgehead atoms. The van der Waals surface area contributed by atoms with Crippen LogP contribution in [-0.4, -0.2) is 24.2 Å². The van der Waals surface area contributed by atoms with Crippen LogP contribution in [0.25, 0.3) is 0 Å². The highest BCUT2D eigenvalue weighted by atomic mass is 35.5. The lowest BCUT2D eigenvalue weighted by Crippen LogP contribution is -2.48. The predicted molar refractivity (Wildman–Crippen MR) is 113 cm³/mol. The highest BCUT2D eigenvalue weighted by Gasteiger charge is 2.35. The van der Waals surface area contributed by atoms with E-state index in [9.17, 15) is 4.79 Å². The first-order valence-corrected chi connectivity index (χ1v) is 9.70. The Kier molecular flexibility index (Phi) is 5.56. The molecule has 0 saturated heterocycles. The molecule has 1 unspecified atom stereocenters. The van der Waals surface area contributed by atoms with E-state index in [1.54, 1.807) is 30.5 Å². The number of rotatable bonds is 4. The van der Waals surface area contributed by atoms with Crippen molar-refractivity contribution in [3.05, 3.63) is 64.2 Å². The van der Waals surface area contributed by atoms with Crippen molar-refractivity contribution in [2.45, 2.75) is 45.6 Å². The SMILES string of the molecule is CCN1c2ccc(/C=N\NC(=O)c3ccc(Cl)cc3)cc2C(C)CC1(C)C. The fourth-order valence-corrected chi connectivity index (χ4v) is 4.14. The van der Waals surface area contributed by atoms with Crippen molar-refractivity contribution >= 4 is 29.4 Å². The number of hydrogen-bond acceptors (Lipinski definition) is 3. The molecule has 27 heavy (non-hydrogen) atoms. The lowest BCUT2D eigenvalue weighted by atomic mass is 9.79. The smallest absolute Gasteiger partial charge is 0.271 e. The second kappa shape index (κ2) is 7.73. The summed E-state index contributed by atoms with van der Waals surface area (Å²) >= 11 is 5.84. The van der Waals surface area contributed by atoms with Gasteiger partial charge in [-0.1, -0.05) is 24.6 Å². The molecule has 3 rings (SSSR count). The summed E-state index contributed by atoms with van der Waals surface area (Å²) in [5.41, 5.74) is 6.86. The topological polar surface area (TPSA) is 44.7 Å². The number of nitrogens with one attached hydrogen (secondary N) is 1. The van der Waals surface area contributed by atoms with Gasteiger partial charge in [-0.2, -0.15) is 5.10 Å². The third-order valence-corrected chi connectivity index (χ3v) is 5.46. The Morgan fingerprint density at radius 1 is 1.30 bits per heavy atom. The zero-order valence-corrected chi connectivity index (χ0v) is 17.0. The fraction of sp³-hybridized carbons (Fsp3) is 0.364. The van der Waals surface area contributed by atoms with E-state index in [4.69, 9.17) is 11.6 Å². The highest BCUT2D eigenvalue weighted by Crippen LogP contribution is 2.43. The first-order chi connectivity index (χ1) is 12.8. The zero-order chi connectivity index (χ0) is 19.6. The van der Waals surface area contributed by atoms with Crippen LogP contribution >= 0.6 is 11.6 Å². The van der Waals surface area contributed by atoms with Gasteiger partial charge in [-0.15, -0.1) is 0 Å². The summed E-state index contributed by atoms with van der Waals surface area (Å²) in [7, 11) is 0. The van der Waals surface area contributed by atoms with Gasteiger partial charge in [0.2, 0.25) is 0 Å².